The second-order valence-corrected chi connectivity index (χ2v) is 11.4. The van der Waals surface area contributed by atoms with Gasteiger partial charge in [0.05, 0.1) is 23.1 Å². The van der Waals surface area contributed by atoms with Gasteiger partial charge in [-0.3, -0.25) is 9.20 Å². The molecule has 0 unspecified atom stereocenters. The number of hydrogen-bond donors (Lipinski definition) is 1. The molecule has 0 aliphatic heterocycles. The van der Waals surface area contributed by atoms with E-state index in [1.54, 1.807) is 19.5 Å². The molecule has 1 aromatic carbocycles. The molecule has 2 aliphatic rings. The number of aromatic nitrogens is 5. The Hall–Kier alpha value is -3.57. The monoisotopic (exact) mass is 552 g/mol. The Morgan fingerprint density at radius 1 is 1.20 bits per heavy atom. The lowest BCUT2D eigenvalue weighted by Crippen LogP contribution is -2.43. The smallest absolute Gasteiger partial charge is 0.383 e. The molecule has 2 saturated carbocycles. The van der Waals surface area contributed by atoms with E-state index in [0.717, 1.165) is 47.5 Å². The van der Waals surface area contributed by atoms with Crippen molar-refractivity contribution in [1.29, 1.82) is 0 Å². The van der Waals surface area contributed by atoms with Crippen LogP contribution >= 0.6 is 0 Å². The number of fused-ring (bicyclic) bond motifs is 1. The van der Waals surface area contributed by atoms with Crippen LogP contribution in [-0.2, 0) is 29.9 Å². The molecular formula is C29H31F3N6O2. The van der Waals surface area contributed by atoms with Crippen LogP contribution < -0.4 is 10.9 Å². The minimum absolute atomic E-state index is 0.174. The first-order chi connectivity index (χ1) is 19.1. The Labute approximate surface area is 229 Å². The summed E-state index contributed by atoms with van der Waals surface area (Å²) in [7, 11) is 3.51. The maximum Gasteiger partial charge on any atom is 0.419 e. The van der Waals surface area contributed by atoms with Crippen LogP contribution in [0.3, 0.4) is 0 Å². The van der Waals surface area contributed by atoms with Crippen molar-refractivity contribution in [1.82, 2.24) is 29.5 Å². The molecule has 0 saturated heterocycles. The van der Waals surface area contributed by atoms with Gasteiger partial charge in [-0.25, -0.2) is 4.98 Å². The number of hydrogen-bond acceptors (Lipinski definition) is 6. The predicted octanol–water partition coefficient (Wildman–Crippen LogP) is 4.49. The number of rotatable bonds is 8. The van der Waals surface area contributed by atoms with Crippen molar-refractivity contribution in [2.75, 3.05) is 13.7 Å². The number of nitrogens with one attached hydrogen (secondary N) is 1. The van der Waals surface area contributed by atoms with Gasteiger partial charge < -0.3 is 14.6 Å². The van der Waals surface area contributed by atoms with Gasteiger partial charge in [-0.15, -0.1) is 10.2 Å². The third kappa shape index (κ3) is 4.50. The van der Waals surface area contributed by atoms with Gasteiger partial charge in [0.2, 0.25) is 0 Å². The van der Waals surface area contributed by atoms with Crippen molar-refractivity contribution < 1.29 is 17.9 Å². The van der Waals surface area contributed by atoms with Crippen LogP contribution in [0.5, 0.6) is 0 Å². The number of pyridine rings is 1. The molecule has 210 valence electrons. The SMILES string of the molecule is COCC1(NCc2cc(C(F)(F)F)c3ncc(-c4cccc(C5(c6nncn6C)CC(C)C5)c4)c(=O)n3c2)CC1. The fourth-order valence-corrected chi connectivity index (χ4v) is 6.21. The molecule has 0 spiro atoms. The summed E-state index contributed by atoms with van der Waals surface area (Å²) in [4.78, 5) is 17.9. The van der Waals surface area contributed by atoms with Crippen molar-refractivity contribution in [2.24, 2.45) is 13.0 Å². The number of aryl methyl sites for hydroxylation is 1. The molecule has 0 bridgehead atoms. The number of benzene rings is 1. The zero-order chi connectivity index (χ0) is 28.3. The maximum absolute atomic E-state index is 14.1. The highest BCUT2D eigenvalue weighted by Crippen LogP contribution is 2.51. The van der Waals surface area contributed by atoms with Crippen molar-refractivity contribution in [3.8, 4) is 11.1 Å². The van der Waals surface area contributed by atoms with E-state index in [0.29, 0.717) is 23.7 Å². The van der Waals surface area contributed by atoms with E-state index in [9.17, 15) is 18.0 Å². The topological polar surface area (TPSA) is 86.3 Å². The normalized spacial score (nSPS) is 21.9. The van der Waals surface area contributed by atoms with E-state index in [2.05, 4.69) is 27.4 Å². The summed E-state index contributed by atoms with van der Waals surface area (Å²) in [5.74, 6) is 1.35. The molecule has 1 N–H and O–H groups in total. The fraction of sp³-hybridized carbons (Fsp3) is 0.448. The van der Waals surface area contributed by atoms with E-state index >= 15 is 0 Å². The maximum atomic E-state index is 14.1. The van der Waals surface area contributed by atoms with Crippen LogP contribution in [-0.4, -0.2) is 43.4 Å². The quantitative estimate of drug-likeness (QED) is 0.347. The highest BCUT2D eigenvalue weighted by molar-refractivity contribution is 5.66. The molecule has 3 aromatic heterocycles. The molecule has 2 fully saturated rings. The van der Waals surface area contributed by atoms with Crippen molar-refractivity contribution >= 4 is 5.65 Å². The molecule has 6 rings (SSSR count). The summed E-state index contributed by atoms with van der Waals surface area (Å²) in [6.07, 6.45) is 3.25. The van der Waals surface area contributed by atoms with Gasteiger partial charge in [0.25, 0.3) is 5.56 Å². The third-order valence-corrected chi connectivity index (χ3v) is 8.37. The first-order valence-electron chi connectivity index (χ1n) is 13.4. The van der Waals surface area contributed by atoms with Gasteiger partial charge in [0, 0.05) is 38.6 Å². The Morgan fingerprint density at radius 3 is 2.60 bits per heavy atom. The van der Waals surface area contributed by atoms with Crippen LogP contribution in [0.4, 0.5) is 13.2 Å². The highest BCUT2D eigenvalue weighted by Gasteiger charge is 2.48. The van der Waals surface area contributed by atoms with Crippen LogP contribution in [0.25, 0.3) is 16.8 Å². The average Bonchev–Trinajstić information content (AvgIpc) is 3.54. The predicted molar refractivity (Wildman–Crippen MR) is 143 cm³/mol. The van der Waals surface area contributed by atoms with E-state index in [-0.39, 0.29) is 23.1 Å². The second kappa shape index (κ2) is 9.52. The standard InChI is InChI=1S/C29H31F3N6O2/c1-18-11-28(12-18,26-36-35-17-37(26)2)21-6-4-5-20(10-21)22-14-33-24-23(29(30,31)32)9-19(15-38(24)25(22)39)13-34-27(7-8-27)16-40-3/h4-6,9-10,14-15,17-18,34H,7-8,11-13,16H2,1-3H3. The van der Waals surface area contributed by atoms with Gasteiger partial charge in [-0.2, -0.15) is 13.2 Å². The number of halogens is 3. The fourth-order valence-electron chi connectivity index (χ4n) is 6.21. The Kier molecular flexibility index (Phi) is 6.34. The van der Waals surface area contributed by atoms with Gasteiger partial charge in [-0.05, 0) is 60.4 Å². The summed E-state index contributed by atoms with van der Waals surface area (Å²) in [5, 5.41) is 11.8. The average molecular weight is 553 g/mol. The minimum Gasteiger partial charge on any atom is -0.383 e. The Morgan fingerprint density at radius 2 is 1.98 bits per heavy atom. The summed E-state index contributed by atoms with van der Waals surface area (Å²) in [6.45, 7) is 2.83. The lowest BCUT2D eigenvalue weighted by molar-refractivity contribution is -0.136. The van der Waals surface area contributed by atoms with E-state index in [1.807, 2.05) is 29.8 Å². The first-order valence-corrected chi connectivity index (χ1v) is 13.4. The Bertz CT molecular complexity index is 1630. The summed E-state index contributed by atoms with van der Waals surface area (Å²) in [5.41, 5.74) is -0.312. The second-order valence-electron chi connectivity index (χ2n) is 11.4. The molecule has 11 heteroatoms. The molecule has 4 aromatic rings. The molecular weight excluding hydrogens is 521 g/mol. The molecule has 8 nitrogen and oxygen atoms in total. The molecule has 0 atom stereocenters. The molecule has 2 aliphatic carbocycles. The zero-order valence-corrected chi connectivity index (χ0v) is 22.6. The zero-order valence-electron chi connectivity index (χ0n) is 22.6. The van der Waals surface area contributed by atoms with Gasteiger partial charge in [0.1, 0.15) is 12.2 Å². The lowest BCUT2D eigenvalue weighted by Gasteiger charge is -2.46. The van der Waals surface area contributed by atoms with Crippen LogP contribution in [0.1, 0.15) is 55.1 Å². The molecule has 0 amide bonds. The van der Waals surface area contributed by atoms with Crippen molar-refractivity contribution in [3.05, 3.63) is 81.9 Å². The minimum atomic E-state index is -4.67. The van der Waals surface area contributed by atoms with Gasteiger partial charge >= 0.3 is 6.18 Å². The first kappa shape index (κ1) is 26.6. The Balaban J connectivity index is 1.43. The number of alkyl halides is 3. The highest BCUT2D eigenvalue weighted by atomic mass is 19.4. The molecule has 3 heterocycles. The largest absolute Gasteiger partial charge is 0.419 e. The van der Waals surface area contributed by atoms with E-state index < -0.39 is 22.9 Å². The third-order valence-electron chi connectivity index (χ3n) is 8.37. The van der Waals surface area contributed by atoms with Crippen molar-refractivity contribution in [2.45, 2.75) is 56.3 Å². The molecule has 40 heavy (non-hydrogen) atoms. The number of nitrogens with zero attached hydrogens (tertiary/aromatic N) is 5. The summed E-state index contributed by atoms with van der Waals surface area (Å²) < 4.78 is 50.4. The van der Waals surface area contributed by atoms with E-state index in [1.165, 1.54) is 12.4 Å². The van der Waals surface area contributed by atoms with Crippen LogP contribution in [0.15, 0.2) is 53.8 Å². The van der Waals surface area contributed by atoms with Crippen molar-refractivity contribution in [3.63, 3.8) is 0 Å². The summed E-state index contributed by atoms with van der Waals surface area (Å²) >= 11 is 0. The van der Waals surface area contributed by atoms with Crippen LogP contribution in [0, 0.1) is 5.92 Å². The van der Waals surface area contributed by atoms with Gasteiger partial charge in [-0.1, -0.05) is 25.1 Å². The van der Waals surface area contributed by atoms with E-state index in [4.69, 9.17) is 4.74 Å². The summed E-state index contributed by atoms with van der Waals surface area (Å²) in [6, 6.07) is 8.67. The van der Waals surface area contributed by atoms with Gasteiger partial charge in [0.15, 0.2) is 5.65 Å². The number of ether oxygens (including phenoxy) is 1. The number of methoxy groups -OCH3 is 1. The van der Waals surface area contributed by atoms with Crippen LogP contribution in [0.2, 0.25) is 0 Å². The lowest BCUT2D eigenvalue weighted by atomic mass is 9.58. The molecule has 0 radical (unpaired) electrons.